The maximum absolute atomic E-state index is 13.4. The first-order chi connectivity index (χ1) is 23.6. The van der Waals surface area contributed by atoms with Crippen molar-refractivity contribution >= 4 is 72.6 Å². The van der Waals surface area contributed by atoms with Crippen LogP contribution >= 0.6 is 22.7 Å². The van der Waals surface area contributed by atoms with E-state index in [1.54, 1.807) is 42.0 Å². The molecule has 5 rings (SSSR count). The van der Waals surface area contributed by atoms with Gasteiger partial charge in [0.1, 0.15) is 10.9 Å². The van der Waals surface area contributed by atoms with Crippen LogP contribution in [0.25, 0.3) is 0 Å². The van der Waals surface area contributed by atoms with E-state index in [-0.39, 0.29) is 21.9 Å². The lowest BCUT2D eigenvalue weighted by Crippen LogP contribution is -2.46. The van der Waals surface area contributed by atoms with E-state index in [1.807, 2.05) is 17.6 Å². The molecule has 0 unspecified atom stereocenters. The van der Waals surface area contributed by atoms with Crippen LogP contribution in [-0.4, -0.2) is 82.0 Å². The molecule has 1 aromatic carbocycles. The predicted molar refractivity (Wildman–Crippen MR) is 194 cm³/mol. The van der Waals surface area contributed by atoms with E-state index in [9.17, 15) is 18.0 Å². The van der Waals surface area contributed by atoms with Gasteiger partial charge in [0.2, 0.25) is 0 Å². The Morgan fingerprint density at radius 2 is 1.90 bits per heavy atom. The smallest absolute Gasteiger partial charge is 0.328 e. The number of hydrogen-bond donors (Lipinski definition) is 4. The van der Waals surface area contributed by atoms with E-state index in [2.05, 4.69) is 41.2 Å². The summed E-state index contributed by atoms with van der Waals surface area (Å²) in [6.07, 6.45) is 4.41. The summed E-state index contributed by atoms with van der Waals surface area (Å²) in [4.78, 5) is 43.3. The summed E-state index contributed by atoms with van der Waals surface area (Å²) in [7, 11) is -2.83. The average Bonchev–Trinajstić information content (AvgIpc) is 3.78. The molecule has 1 aliphatic rings. The van der Waals surface area contributed by atoms with Crippen LogP contribution in [0.5, 0.6) is 0 Å². The third kappa shape index (κ3) is 9.67. The lowest BCUT2D eigenvalue weighted by molar-refractivity contribution is -0.143. The van der Waals surface area contributed by atoms with Crippen molar-refractivity contribution in [1.29, 1.82) is 0 Å². The highest BCUT2D eigenvalue weighted by Crippen LogP contribution is 2.28. The predicted octanol–water partition coefficient (Wildman–Crippen LogP) is 3.77. The number of thiophene rings is 1. The van der Waals surface area contributed by atoms with Crippen LogP contribution in [0.2, 0.25) is 0 Å². The third-order valence-electron chi connectivity index (χ3n) is 7.64. The molecule has 1 atom stereocenters. The Kier molecular flexibility index (Phi) is 12.0. The number of esters is 1. The Labute approximate surface area is 293 Å². The molecule has 4 aromatic rings. The number of thiazole rings is 1. The Balaban J connectivity index is 1.16. The van der Waals surface area contributed by atoms with Gasteiger partial charge in [0.25, 0.3) is 15.9 Å². The Hall–Kier alpha value is -4.74. The monoisotopic (exact) mass is 725 g/mol. The lowest BCUT2D eigenvalue weighted by Gasteiger charge is -2.35. The Morgan fingerprint density at radius 3 is 2.63 bits per heavy atom. The van der Waals surface area contributed by atoms with Crippen molar-refractivity contribution in [3.63, 3.8) is 0 Å². The number of nitrogens with one attached hydrogen (secondary N) is 3. The molecular weight excluding hydrogens is 687 g/mol. The van der Waals surface area contributed by atoms with E-state index in [0.29, 0.717) is 31.0 Å². The maximum Gasteiger partial charge on any atom is 0.328 e. The minimum Gasteiger partial charge on any atom is -0.467 e. The zero-order chi connectivity index (χ0) is 34.8. The summed E-state index contributed by atoms with van der Waals surface area (Å²) in [5.41, 5.74) is 8.23. The molecule has 1 saturated heterocycles. The van der Waals surface area contributed by atoms with Gasteiger partial charge in [-0.05, 0) is 61.5 Å². The molecule has 0 aliphatic carbocycles. The summed E-state index contributed by atoms with van der Waals surface area (Å²) in [5, 5.41) is 10.5. The second kappa shape index (κ2) is 16.6. The van der Waals surface area contributed by atoms with Gasteiger partial charge in [-0.15, -0.1) is 22.7 Å². The Bertz CT molecular complexity index is 1850. The number of piperazine rings is 1. The number of rotatable bonds is 15. The van der Waals surface area contributed by atoms with E-state index in [1.165, 1.54) is 25.3 Å². The molecule has 0 radical (unpaired) electrons. The second-order valence-corrected chi connectivity index (χ2v) is 14.6. The molecular formula is C32H39N9O5S3. The first-order valence-corrected chi connectivity index (χ1v) is 18.8. The van der Waals surface area contributed by atoms with E-state index >= 15 is 0 Å². The molecule has 1 fully saturated rings. The standard InChI is InChI=1S/C32H39N9O5S3/c1-22(33)35-12-5-9-28(31(43)46-2)38-30(42)29-27(10-17-47-29)39-49(44,45)26-8-3-6-23(18-26)36-19-24-21-48-32(37-24)41-15-13-40(14-16-41)25-7-4-11-34-20-25/h3-4,6-8,10-11,17-18,20-21,28,36,39H,5,9,12-16,19H2,1-2H3,(H2,33,35)(H,38,42)/t28-/m0/s1. The van der Waals surface area contributed by atoms with Gasteiger partial charge in [0.05, 0.1) is 47.7 Å². The van der Waals surface area contributed by atoms with Crippen molar-refractivity contribution < 1.29 is 22.7 Å². The third-order valence-corrected chi connectivity index (χ3v) is 10.9. The molecule has 0 spiro atoms. The number of pyridine rings is 1. The van der Waals surface area contributed by atoms with Gasteiger partial charge in [-0.2, -0.15) is 0 Å². The SMILES string of the molecule is COC(=O)[C@H](CCCN=C(C)N)NC(=O)c1sccc1NS(=O)(=O)c1cccc(NCc2csc(N3CCN(c4cccnc4)CC3)n2)c1. The zero-order valence-corrected chi connectivity index (χ0v) is 29.6. The minimum atomic E-state index is -4.06. The average molecular weight is 726 g/mol. The number of carbonyl (C=O) groups is 2. The Morgan fingerprint density at radius 1 is 1.10 bits per heavy atom. The fourth-order valence-electron chi connectivity index (χ4n) is 5.12. The molecule has 14 nitrogen and oxygen atoms in total. The number of methoxy groups -OCH3 is 1. The van der Waals surface area contributed by atoms with Crippen LogP contribution in [0.1, 0.15) is 35.1 Å². The molecule has 260 valence electrons. The van der Waals surface area contributed by atoms with Gasteiger partial charge in [-0.3, -0.25) is 19.5 Å². The fourth-order valence-corrected chi connectivity index (χ4v) is 7.93. The first kappa shape index (κ1) is 35.6. The van der Waals surface area contributed by atoms with Gasteiger partial charge in [-0.25, -0.2) is 18.2 Å². The van der Waals surface area contributed by atoms with Crippen molar-refractivity contribution in [1.82, 2.24) is 15.3 Å². The largest absolute Gasteiger partial charge is 0.467 e. The summed E-state index contributed by atoms with van der Waals surface area (Å²) in [5.74, 6) is -0.792. The molecule has 1 aliphatic heterocycles. The van der Waals surface area contributed by atoms with Crippen molar-refractivity contribution in [2.24, 2.45) is 10.7 Å². The highest BCUT2D eigenvalue weighted by molar-refractivity contribution is 7.92. The molecule has 4 heterocycles. The summed E-state index contributed by atoms with van der Waals surface area (Å²) < 4.78 is 34.2. The van der Waals surface area contributed by atoms with Gasteiger partial charge in [-0.1, -0.05) is 6.07 Å². The molecule has 49 heavy (non-hydrogen) atoms. The lowest BCUT2D eigenvalue weighted by atomic mass is 10.1. The molecule has 1 amide bonds. The van der Waals surface area contributed by atoms with E-state index in [4.69, 9.17) is 15.5 Å². The van der Waals surface area contributed by atoms with Crippen LogP contribution in [-0.2, 0) is 26.1 Å². The highest BCUT2D eigenvalue weighted by atomic mass is 32.2. The van der Waals surface area contributed by atoms with Gasteiger partial charge in [0.15, 0.2) is 5.13 Å². The molecule has 0 bridgehead atoms. The topological polar surface area (TPSA) is 184 Å². The number of aliphatic imine (C=N–C) groups is 1. The number of benzene rings is 1. The van der Waals surface area contributed by atoms with Crippen molar-refractivity contribution in [2.45, 2.75) is 37.2 Å². The number of nitrogens with zero attached hydrogens (tertiary/aromatic N) is 5. The molecule has 3 aromatic heterocycles. The highest BCUT2D eigenvalue weighted by Gasteiger charge is 2.26. The molecule has 0 saturated carbocycles. The maximum atomic E-state index is 13.4. The zero-order valence-electron chi connectivity index (χ0n) is 27.2. The number of hydrogen-bond acceptors (Lipinski definition) is 13. The van der Waals surface area contributed by atoms with Crippen LogP contribution in [0.15, 0.2) is 75.5 Å². The summed E-state index contributed by atoms with van der Waals surface area (Å²) in [6.45, 7) is 5.93. The summed E-state index contributed by atoms with van der Waals surface area (Å²) >= 11 is 2.64. The number of amides is 1. The van der Waals surface area contributed by atoms with Crippen LogP contribution in [0.3, 0.4) is 0 Å². The van der Waals surface area contributed by atoms with Crippen LogP contribution < -0.4 is 30.9 Å². The number of ether oxygens (including phenoxy) is 1. The quantitative estimate of drug-likeness (QED) is 0.0606. The number of aromatic nitrogens is 2. The number of carbonyl (C=O) groups excluding carboxylic acids is 2. The van der Waals surface area contributed by atoms with E-state index in [0.717, 1.165) is 54.0 Å². The van der Waals surface area contributed by atoms with Crippen LogP contribution in [0, 0.1) is 0 Å². The number of sulfonamides is 1. The molecule has 5 N–H and O–H groups in total. The number of amidine groups is 1. The summed E-state index contributed by atoms with van der Waals surface area (Å²) in [6, 6.07) is 11.0. The first-order valence-electron chi connectivity index (χ1n) is 15.6. The fraction of sp³-hybridized carbons (Fsp3) is 0.344. The normalized spacial score (nSPS) is 14.3. The number of nitrogens with two attached hydrogens (primary N) is 1. The molecule has 17 heteroatoms. The second-order valence-electron chi connectivity index (χ2n) is 11.2. The number of anilines is 4. The van der Waals surface area contributed by atoms with Crippen LogP contribution in [0.4, 0.5) is 22.2 Å². The van der Waals surface area contributed by atoms with E-state index < -0.39 is 27.9 Å². The minimum absolute atomic E-state index is 0.0173. The van der Waals surface area contributed by atoms with Crippen molar-refractivity contribution in [3.05, 3.63) is 76.2 Å². The van der Waals surface area contributed by atoms with Gasteiger partial charge in [0, 0.05) is 50.0 Å². The van der Waals surface area contributed by atoms with Gasteiger partial charge < -0.3 is 30.9 Å². The van der Waals surface area contributed by atoms with Crippen molar-refractivity contribution in [3.8, 4) is 0 Å². The van der Waals surface area contributed by atoms with Crippen molar-refractivity contribution in [2.75, 3.05) is 59.7 Å². The van der Waals surface area contributed by atoms with Gasteiger partial charge >= 0.3 is 5.97 Å².